The highest BCUT2D eigenvalue weighted by Crippen LogP contribution is 2.22. The molecule has 1 N–H and O–H groups in total. The SMILES string of the molecule is CN(Cc1nc2ccccc2c(=O)[nH]1)C(=O)c1ccc(COc2ccc3ccccc3c2)o1. The fraction of sp³-hybridized carbons (Fsp3) is 0.115. The third-order valence-corrected chi connectivity index (χ3v) is 5.37. The number of para-hydroxylation sites is 1. The summed E-state index contributed by atoms with van der Waals surface area (Å²) in [5, 5.41) is 2.74. The summed E-state index contributed by atoms with van der Waals surface area (Å²) in [6, 6.07) is 24.3. The van der Waals surface area contributed by atoms with E-state index in [1.54, 1.807) is 37.4 Å². The van der Waals surface area contributed by atoms with Crippen LogP contribution in [0.1, 0.15) is 22.1 Å². The van der Waals surface area contributed by atoms with Crippen LogP contribution in [0.4, 0.5) is 0 Å². The van der Waals surface area contributed by atoms with Crippen LogP contribution in [0.2, 0.25) is 0 Å². The van der Waals surface area contributed by atoms with Gasteiger partial charge in [0.25, 0.3) is 11.5 Å². The highest BCUT2D eigenvalue weighted by molar-refractivity contribution is 5.91. The molecule has 2 heterocycles. The van der Waals surface area contributed by atoms with Crippen molar-refractivity contribution in [3.8, 4) is 5.75 Å². The molecule has 2 aromatic heterocycles. The number of nitrogens with one attached hydrogen (secondary N) is 1. The number of H-pyrrole nitrogens is 1. The summed E-state index contributed by atoms with van der Waals surface area (Å²) in [7, 11) is 1.63. The van der Waals surface area contributed by atoms with Gasteiger partial charge in [-0.1, -0.05) is 42.5 Å². The number of aromatic nitrogens is 2. The molecule has 0 spiro atoms. The highest BCUT2D eigenvalue weighted by Gasteiger charge is 2.18. The largest absolute Gasteiger partial charge is 0.486 e. The summed E-state index contributed by atoms with van der Waals surface area (Å²) in [6.45, 7) is 0.345. The molecule has 1 amide bonds. The molecule has 0 aliphatic heterocycles. The summed E-state index contributed by atoms with van der Waals surface area (Å²) in [5.74, 6) is 1.54. The lowest BCUT2D eigenvalue weighted by molar-refractivity contribution is 0.0745. The summed E-state index contributed by atoms with van der Waals surface area (Å²) in [4.78, 5) is 33.7. The Morgan fingerprint density at radius 3 is 2.67 bits per heavy atom. The molecular formula is C26H21N3O4. The van der Waals surface area contributed by atoms with Gasteiger partial charge in [-0.3, -0.25) is 9.59 Å². The van der Waals surface area contributed by atoms with Crippen LogP contribution in [0.3, 0.4) is 0 Å². The number of furan rings is 1. The van der Waals surface area contributed by atoms with Crippen LogP contribution in [0.25, 0.3) is 21.7 Å². The second-order valence-electron chi connectivity index (χ2n) is 7.75. The molecule has 0 aliphatic rings. The first-order valence-electron chi connectivity index (χ1n) is 10.5. The molecule has 0 aliphatic carbocycles. The second-order valence-corrected chi connectivity index (χ2v) is 7.75. The van der Waals surface area contributed by atoms with Crippen molar-refractivity contribution < 1.29 is 13.9 Å². The Balaban J connectivity index is 1.25. The predicted molar refractivity (Wildman–Crippen MR) is 125 cm³/mol. The predicted octanol–water partition coefficient (Wildman–Crippen LogP) is 4.52. The maximum absolute atomic E-state index is 12.8. The van der Waals surface area contributed by atoms with Gasteiger partial charge >= 0.3 is 0 Å². The van der Waals surface area contributed by atoms with Crippen LogP contribution in [0.15, 0.2) is 88.1 Å². The van der Waals surface area contributed by atoms with E-state index in [0.717, 1.165) is 16.5 Å². The smallest absolute Gasteiger partial charge is 0.289 e. The van der Waals surface area contributed by atoms with Crippen LogP contribution >= 0.6 is 0 Å². The Hall–Kier alpha value is -4.39. The van der Waals surface area contributed by atoms with Gasteiger partial charge in [-0.2, -0.15) is 0 Å². The molecule has 0 bridgehead atoms. The Morgan fingerprint density at radius 2 is 1.79 bits per heavy atom. The van der Waals surface area contributed by atoms with E-state index in [1.165, 1.54) is 4.90 Å². The van der Waals surface area contributed by atoms with Gasteiger partial charge in [0, 0.05) is 7.05 Å². The molecule has 7 heteroatoms. The molecule has 7 nitrogen and oxygen atoms in total. The van der Waals surface area contributed by atoms with E-state index < -0.39 is 0 Å². The van der Waals surface area contributed by atoms with E-state index in [-0.39, 0.29) is 30.4 Å². The van der Waals surface area contributed by atoms with Crippen molar-refractivity contribution in [3.63, 3.8) is 0 Å². The maximum Gasteiger partial charge on any atom is 0.289 e. The lowest BCUT2D eigenvalue weighted by atomic mass is 10.1. The maximum atomic E-state index is 12.8. The van der Waals surface area contributed by atoms with E-state index in [4.69, 9.17) is 9.15 Å². The van der Waals surface area contributed by atoms with E-state index in [2.05, 4.69) is 9.97 Å². The second kappa shape index (κ2) is 8.63. The van der Waals surface area contributed by atoms with E-state index >= 15 is 0 Å². The van der Waals surface area contributed by atoms with Crippen molar-refractivity contribution in [3.05, 3.63) is 107 Å². The van der Waals surface area contributed by atoms with Crippen LogP contribution in [0.5, 0.6) is 5.75 Å². The Morgan fingerprint density at radius 1 is 1.00 bits per heavy atom. The summed E-state index contributed by atoms with van der Waals surface area (Å²) >= 11 is 0. The van der Waals surface area contributed by atoms with Gasteiger partial charge in [0.05, 0.1) is 17.4 Å². The van der Waals surface area contributed by atoms with Crippen molar-refractivity contribution in [1.82, 2.24) is 14.9 Å². The summed E-state index contributed by atoms with van der Waals surface area (Å²) < 4.78 is 11.5. The zero-order valence-electron chi connectivity index (χ0n) is 17.9. The zero-order chi connectivity index (χ0) is 22.8. The van der Waals surface area contributed by atoms with Crippen LogP contribution in [-0.2, 0) is 13.2 Å². The number of amides is 1. The monoisotopic (exact) mass is 439 g/mol. The molecule has 0 unspecified atom stereocenters. The van der Waals surface area contributed by atoms with Crippen molar-refractivity contribution in [2.24, 2.45) is 0 Å². The summed E-state index contributed by atoms with van der Waals surface area (Å²) in [5.41, 5.74) is 0.353. The first-order chi connectivity index (χ1) is 16.1. The topological polar surface area (TPSA) is 88.4 Å². The number of ether oxygens (including phenoxy) is 1. The first-order valence-corrected chi connectivity index (χ1v) is 10.5. The molecule has 0 atom stereocenters. The van der Waals surface area contributed by atoms with E-state index in [0.29, 0.717) is 22.5 Å². The number of carbonyl (C=O) groups excluding carboxylic acids is 1. The van der Waals surface area contributed by atoms with E-state index in [1.807, 2.05) is 48.5 Å². The molecule has 33 heavy (non-hydrogen) atoms. The van der Waals surface area contributed by atoms with E-state index in [9.17, 15) is 9.59 Å². The zero-order valence-corrected chi connectivity index (χ0v) is 17.9. The average molecular weight is 439 g/mol. The number of nitrogens with zero attached hydrogens (tertiary/aromatic N) is 2. The fourth-order valence-electron chi connectivity index (χ4n) is 3.68. The van der Waals surface area contributed by atoms with Gasteiger partial charge in [-0.05, 0) is 47.2 Å². The lowest BCUT2D eigenvalue weighted by Gasteiger charge is -2.15. The van der Waals surface area contributed by atoms with Crippen LogP contribution < -0.4 is 10.3 Å². The molecule has 164 valence electrons. The van der Waals surface area contributed by atoms with Gasteiger partial charge < -0.3 is 19.0 Å². The number of carbonyl (C=O) groups is 1. The molecular weight excluding hydrogens is 418 g/mol. The number of hydrogen-bond donors (Lipinski definition) is 1. The minimum Gasteiger partial charge on any atom is -0.486 e. The van der Waals surface area contributed by atoms with Gasteiger partial charge in [-0.15, -0.1) is 0 Å². The molecule has 5 aromatic rings. The molecule has 0 fully saturated rings. The Kier molecular flexibility index (Phi) is 5.36. The molecule has 0 radical (unpaired) electrons. The molecule has 5 rings (SSSR count). The standard InChI is InChI=1S/C26H21N3O4/c1-29(15-24-27-22-9-5-4-8-21(22)25(30)28-24)26(31)23-13-12-20(33-23)16-32-19-11-10-17-6-2-3-7-18(17)14-19/h2-14H,15-16H2,1H3,(H,27,28,30). The Bertz CT molecular complexity index is 1520. The number of rotatable bonds is 6. The summed E-state index contributed by atoms with van der Waals surface area (Å²) in [6.07, 6.45) is 0. The normalized spacial score (nSPS) is 11.1. The van der Waals surface area contributed by atoms with Crippen LogP contribution in [0, 0.1) is 0 Å². The molecule has 0 saturated heterocycles. The lowest BCUT2D eigenvalue weighted by Crippen LogP contribution is -2.28. The van der Waals surface area contributed by atoms with Gasteiger partial charge in [-0.25, -0.2) is 4.98 Å². The van der Waals surface area contributed by atoms with Gasteiger partial charge in [0.1, 0.15) is 23.9 Å². The van der Waals surface area contributed by atoms with Gasteiger partial charge in [0.2, 0.25) is 0 Å². The molecule has 3 aromatic carbocycles. The highest BCUT2D eigenvalue weighted by atomic mass is 16.5. The molecule has 0 saturated carbocycles. The number of fused-ring (bicyclic) bond motifs is 2. The third kappa shape index (κ3) is 4.34. The quantitative estimate of drug-likeness (QED) is 0.420. The minimum absolute atomic E-state index is 0.141. The van der Waals surface area contributed by atoms with Crippen LogP contribution in [-0.4, -0.2) is 27.8 Å². The Labute approximate surface area is 189 Å². The number of benzene rings is 3. The van der Waals surface area contributed by atoms with Gasteiger partial charge in [0.15, 0.2) is 5.76 Å². The average Bonchev–Trinajstić information content (AvgIpc) is 3.31. The first kappa shape index (κ1) is 20.5. The number of aromatic amines is 1. The number of hydrogen-bond acceptors (Lipinski definition) is 5. The fourth-order valence-corrected chi connectivity index (χ4v) is 3.68. The van der Waals surface area contributed by atoms with Crippen molar-refractivity contribution in [1.29, 1.82) is 0 Å². The van der Waals surface area contributed by atoms with Crippen molar-refractivity contribution in [2.45, 2.75) is 13.2 Å². The van der Waals surface area contributed by atoms with Crippen molar-refractivity contribution >= 4 is 27.6 Å². The third-order valence-electron chi connectivity index (χ3n) is 5.37. The van der Waals surface area contributed by atoms with Crippen molar-refractivity contribution in [2.75, 3.05) is 7.05 Å². The minimum atomic E-state index is -0.317.